The number of rotatable bonds is 6. The van der Waals surface area contributed by atoms with Gasteiger partial charge in [-0.25, -0.2) is 4.79 Å². The van der Waals surface area contributed by atoms with Crippen LogP contribution in [0.1, 0.15) is 37.0 Å². The van der Waals surface area contributed by atoms with Crippen LogP contribution in [0.25, 0.3) is 0 Å². The topological polar surface area (TPSA) is 75.2 Å². The molecule has 1 N–H and O–H groups in total. The van der Waals surface area contributed by atoms with Gasteiger partial charge in [-0.1, -0.05) is 6.07 Å². The van der Waals surface area contributed by atoms with Gasteiger partial charge in [0.05, 0.1) is 0 Å². The predicted molar refractivity (Wildman–Crippen MR) is 97.9 cm³/mol. The minimum atomic E-state index is -0.465. The molecule has 1 aliphatic rings. The molecule has 1 saturated heterocycles. The molecule has 1 unspecified atom stereocenters. The van der Waals surface area contributed by atoms with Gasteiger partial charge in [0.1, 0.15) is 0 Å². The van der Waals surface area contributed by atoms with Gasteiger partial charge in [0, 0.05) is 42.7 Å². The number of aryl methyl sites for hydroxylation is 2. The summed E-state index contributed by atoms with van der Waals surface area (Å²) in [6.45, 7) is 1.09. The van der Waals surface area contributed by atoms with Crippen LogP contribution < -0.4 is 11.2 Å². The molecule has 1 fully saturated rings. The molecule has 0 aromatic carbocycles. The number of hydrogen-bond acceptors (Lipinski definition) is 4. The molecule has 0 aliphatic carbocycles. The Bertz CT molecular complexity index is 809. The van der Waals surface area contributed by atoms with E-state index in [9.17, 15) is 14.4 Å². The number of nitrogens with one attached hydrogen (secondary N) is 1. The summed E-state index contributed by atoms with van der Waals surface area (Å²) in [5.74, 6) is 0.0916. The van der Waals surface area contributed by atoms with E-state index in [1.54, 1.807) is 11.3 Å². The smallest absolute Gasteiger partial charge is 0.328 e. The van der Waals surface area contributed by atoms with E-state index < -0.39 is 11.2 Å². The van der Waals surface area contributed by atoms with E-state index in [2.05, 4.69) is 22.5 Å². The molecule has 25 heavy (non-hydrogen) atoms. The first-order valence-electron chi connectivity index (χ1n) is 8.75. The highest BCUT2D eigenvalue weighted by atomic mass is 32.1. The number of amides is 1. The first-order valence-corrected chi connectivity index (χ1v) is 9.63. The lowest BCUT2D eigenvalue weighted by atomic mass is 9.97. The van der Waals surface area contributed by atoms with Crippen molar-refractivity contribution in [2.75, 3.05) is 6.54 Å². The Labute approximate surface area is 150 Å². The number of likely N-dealkylation sites (tertiary alicyclic amines) is 1. The molecule has 6 nitrogen and oxygen atoms in total. The fourth-order valence-electron chi connectivity index (χ4n) is 3.37. The van der Waals surface area contributed by atoms with Gasteiger partial charge in [-0.3, -0.25) is 14.6 Å². The maximum atomic E-state index is 12.7. The molecule has 0 saturated carbocycles. The van der Waals surface area contributed by atoms with Crippen molar-refractivity contribution in [1.29, 1.82) is 0 Å². The number of aromatic nitrogens is 2. The number of carbonyl (C=O) groups excluding carboxylic acids is 1. The zero-order valence-corrected chi connectivity index (χ0v) is 15.0. The van der Waals surface area contributed by atoms with E-state index in [-0.39, 0.29) is 18.4 Å². The van der Waals surface area contributed by atoms with Crippen molar-refractivity contribution in [2.45, 2.75) is 51.1 Å². The van der Waals surface area contributed by atoms with E-state index in [4.69, 9.17) is 0 Å². The monoisotopic (exact) mass is 361 g/mol. The number of hydrogen-bond donors (Lipinski definition) is 1. The zero-order chi connectivity index (χ0) is 17.6. The van der Waals surface area contributed by atoms with E-state index >= 15 is 0 Å². The van der Waals surface area contributed by atoms with Crippen molar-refractivity contribution in [1.82, 2.24) is 14.5 Å². The van der Waals surface area contributed by atoms with E-state index in [1.165, 1.54) is 21.7 Å². The summed E-state index contributed by atoms with van der Waals surface area (Å²) >= 11 is 1.76. The molecular weight excluding hydrogens is 338 g/mol. The van der Waals surface area contributed by atoms with Crippen LogP contribution in [-0.4, -0.2) is 32.9 Å². The van der Waals surface area contributed by atoms with Gasteiger partial charge in [0.2, 0.25) is 5.91 Å². The minimum absolute atomic E-state index is 0.0916. The van der Waals surface area contributed by atoms with Crippen LogP contribution in [0.5, 0.6) is 0 Å². The minimum Gasteiger partial charge on any atom is -0.340 e. The number of nitrogens with zero attached hydrogens (tertiary/aromatic N) is 2. The Hall–Kier alpha value is -2.15. The van der Waals surface area contributed by atoms with Gasteiger partial charge in [-0.15, -0.1) is 11.3 Å². The van der Waals surface area contributed by atoms with Crippen LogP contribution in [0, 0.1) is 0 Å². The number of aromatic amines is 1. The second-order valence-electron chi connectivity index (χ2n) is 6.41. The number of piperidine rings is 1. The van der Waals surface area contributed by atoms with E-state index in [1.807, 2.05) is 4.90 Å². The fraction of sp³-hybridized carbons (Fsp3) is 0.500. The highest BCUT2D eigenvalue weighted by molar-refractivity contribution is 7.09. The normalized spacial score (nSPS) is 17.6. The Morgan fingerprint density at radius 3 is 2.92 bits per heavy atom. The Balaban J connectivity index is 1.58. The van der Waals surface area contributed by atoms with Gasteiger partial charge in [0.25, 0.3) is 5.56 Å². The lowest BCUT2D eigenvalue weighted by Crippen LogP contribution is -2.44. The van der Waals surface area contributed by atoms with E-state index in [0.717, 1.165) is 38.6 Å². The van der Waals surface area contributed by atoms with E-state index in [0.29, 0.717) is 6.54 Å². The third kappa shape index (κ3) is 4.69. The third-order valence-electron chi connectivity index (χ3n) is 4.71. The Kier molecular flexibility index (Phi) is 5.86. The van der Waals surface area contributed by atoms with Gasteiger partial charge in [-0.05, 0) is 43.6 Å². The van der Waals surface area contributed by atoms with Crippen molar-refractivity contribution in [3.8, 4) is 0 Å². The number of carbonyl (C=O) groups is 1. The molecular formula is C18H23N3O3S. The van der Waals surface area contributed by atoms with Gasteiger partial charge >= 0.3 is 5.69 Å². The molecule has 0 radical (unpaired) electrons. The standard InChI is InChI=1S/C18H23N3O3S/c22-16-8-11-20(18(24)19-16)12-9-17(23)21-10-2-1-4-14(21)6-7-15-5-3-13-25-15/h3,5,8,11,13-14H,1-2,4,6-7,9-10,12H2,(H,19,22,24). The predicted octanol–water partition coefficient (Wildman–Crippen LogP) is 2.00. The molecule has 7 heteroatoms. The fourth-order valence-corrected chi connectivity index (χ4v) is 4.10. The van der Waals surface area contributed by atoms with Crippen LogP contribution in [0.3, 0.4) is 0 Å². The second kappa shape index (κ2) is 8.29. The van der Waals surface area contributed by atoms with Crippen molar-refractivity contribution in [2.24, 2.45) is 0 Å². The molecule has 134 valence electrons. The molecule has 0 bridgehead atoms. The van der Waals surface area contributed by atoms with Crippen molar-refractivity contribution >= 4 is 17.2 Å². The second-order valence-corrected chi connectivity index (χ2v) is 7.44. The molecule has 1 amide bonds. The molecule has 0 spiro atoms. The maximum Gasteiger partial charge on any atom is 0.328 e. The quantitative estimate of drug-likeness (QED) is 0.855. The van der Waals surface area contributed by atoms with Gasteiger partial charge in [0.15, 0.2) is 0 Å². The molecule has 3 rings (SSSR count). The molecule has 3 heterocycles. The SMILES string of the molecule is O=C(CCn1ccc(=O)[nH]c1=O)N1CCCCC1CCc1cccs1. The number of thiophene rings is 1. The Morgan fingerprint density at radius 1 is 1.28 bits per heavy atom. The summed E-state index contributed by atoms with van der Waals surface area (Å²) in [7, 11) is 0. The summed E-state index contributed by atoms with van der Waals surface area (Å²) < 4.78 is 1.38. The first-order chi connectivity index (χ1) is 12.1. The van der Waals surface area contributed by atoms with Gasteiger partial charge in [-0.2, -0.15) is 0 Å². The summed E-state index contributed by atoms with van der Waals surface area (Å²) in [6, 6.07) is 5.79. The molecule has 2 aromatic heterocycles. The third-order valence-corrected chi connectivity index (χ3v) is 5.65. The van der Waals surface area contributed by atoms with Gasteiger partial charge < -0.3 is 9.47 Å². The van der Waals surface area contributed by atoms with Crippen LogP contribution in [0.2, 0.25) is 0 Å². The Morgan fingerprint density at radius 2 is 2.16 bits per heavy atom. The summed E-state index contributed by atoms with van der Waals surface area (Å²) in [4.78, 5) is 41.0. The van der Waals surface area contributed by atoms with Crippen molar-refractivity contribution in [3.05, 3.63) is 55.5 Å². The summed E-state index contributed by atoms with van der Waals surface area (Å²) in [5.41, 5.74) is -0.884. The van der Waals surface area contributed by atoms with Crippen LogP contribution in [0.15, 0.2) is 39.4 Å². The summed E-state index contributed by atoms with van der Waals surface area (Å²) in [6.07, 6.45) is 6.98. The van der Waals surface area contributed by atoms with Crippen LogP contribution in [-0.2, 0) is 17.8 Å². The lowest BCUT2D eigenvalue weighted by Gasteiger charge is -2.36. The maximum absolute atomic E-state index is 12.7. The highest BCUT2D eigenvalue weighted by Gasteiger charge is 2.26. The van der Waals surface area contributed by atoms with Crippen LogP contribution >= 0.6 is 11.3 Å². The summed E-state index contributed by atoms with van der Waals surface area (Å²) in [5, 5.41) is 2.08. The van der Waals surface area contributed by atoms with Crippen LogP contribution in [0.4, 0.5) is 0 Å². The molecule has 2 aromatic rings. The van der Waals surface area contributed by atoms with Crippen molar-refractivity contribution < 1.29 is 4.79 Å². The average Bonchev–Trinajstić information content (AvgIpc) is 3.13. The molecule has 1 aliphatic heterocycles. The van der Waals surface area contributed by atoms with Crippen molar-refractivity contribution in [3.63, 3.8) is 0 Å². The molecule has 1 atom stereocenters. The highest BCUT2D eigenvalue weighted by Crippen LogP contribution is 2.23. The zero-order valence-electron chi connectivity index (χ0n) is 14.1. The lowest BCUT2D eigenvalue weighted by molar-refractivity contribution is -0.135. The first kappa shape index (κ1) is 17.7. The largest absolute Gasteiger partial charge is 0.340 e. The number of H-pyrrole nitrogens is 1. The average molecular weight is 361 g/mol.